The molecule has 28 heavy (non-hydrogen) atoms. The molecule has 0 fully saturated rings. The number of anilines is 1. The Bertz CT molecular complexity index is 982. The van der Waals surface area contributed by atoms with Crippen molar-refractivity contribution in [2.24, 2.45) is 0 Å². The summed E-state index contributed by atoms with van der Waals surface area (Å²) in [5, 5.41) is 5.60. The van der Waals surface area contributed by atoms with Gasteiger partial charge in [-0.2, -0.15) is 0 Å². The molecule has 2 heterocycles. The van der Waals surface area contributed by atoms with Crippen LogP contribution in [-0.4, -0.2) is 25.1 Å². The van der Waals surface area contributed by atoms with Gasteiger partial charge in [0.2, 0.25) is 0 Å². The van der Waals surface area contributed by atoms with Crippen molar-refractivity contribution < 1.29 is 19.1 Å². The monoisotopic (exact) mass is 435 g/mol. The van der Waals surface area contributed by atoms with Gasteiger partial charge < -0.3 is 14.8 Å². The maximum atomic E-state index is 12.6. The second-order valence-electron chi connectivity index (χ2n) is 5.70. The number of ether oxygens (including phenoxy) is 2. The summed E-state index contributed by atoms with van der Waals surface area (Å²) < 4.78 is 10.7. The lowest BCUT2D eigenvalue weighted by Crippen LogP contribution is -2.21. The van der Waals surface area contributed by atoms with Gasteiger partial charge in [-0.25, -0.2) is 4.79 Å². The number of hydrogen-bond donors (Lipinski definition) is 1. The van der Waals surface area contributed by atoms with E-state index in [0.717, 1.165) is 15.3 Å². The van der Waals surface area contributed by atoms with Crippen molar-refractivity contribution in [2.45, 2.75) is 13.8 Å². The van der Waals surface area contributed by atoms with Gasteiger partial charge in [-0.15, -0.1) is 22.7 Å². The van der Waals surface area contributed by atoms with Crippen molar-refractivity contribution in [3.05, 3.63) is 57.2 Å². The minimum Gasteiger partial charge on any atom is -0.482 e. The molecule has 1 amide bonds. The fraction of sp³-hybridized carbons (Fsp3) is 0.200. The molecule has 0 radical (unpaired) electrons. The quantitative estimate of drug-likeness (QED) is 0.488. The molecule has 0 saturated carbocycles. The number of nitrogens with one attached hydrogen (secondary N) is 1. The fourth-order valence-corrected chi connectivity index (χ4v) is 4.78. The van der Waals surface area contributed by atoms with Crippen LogP contribution < -0.4 is 10.1 Å². The molecule has 0 bridgehead atoms. The molecule has 0 unspecified atom stereocenters. The van der Waals surface area contributed by atoms with Gasteiger partial charge in [0.05, 0.1) is 11.6 Å². The third-order valence-corrected chi connectivity index (χ3v) is 6.00. The number of carbonyl (C=O) groups is 2. The van der Waals surface area contributed by atoms with E-state index in [-0.39, 0.29) is 19.1 Å². The smallest absolute Gasteiger partial charge is 0.341 e. The van der Waals surface area contributed by atoms with Gasteiger partial charge in [0, 0.05) is 15.3 Å². The number of rotatable bonds is 7. The van der Waals surface area contributed by atoms with E-state index < -0.39 is 5.97 Å². The molecule has 1 N–H and O–H groups in total. The molecule has 1 aromatic carbocycles. The predicted octanol–water partition coefficient (Wildman–Crippen LogP) is 5.63. The van der Waals surface area contributed by atoms with Crippen LogP contribution in [0.25, 0.3) is 10.4 Å². The van der Waals surface area contributed by atoms with Crippen molar-refractivity contribution in [3.63, 3.8) is 0 Å². The third kappa shape index (κ3) is 4.55. The Kier molecular flexibility index (Phi) is 6.72. The summed E-state index contributed by atoms with van der Waals surface area (Å²) in [7, 11) is 0. The molecule has 0 atom stereocenters. The van der Waals surface area contributed by atoms with Crippen molar-refractivity contribution in [1.82, 2.24) is 0 Å². The molecule has 3 rings (SSSR count). The number of esters is 1. The number of aryl methyl sites for hydroxylation is 1. The number of hydrogen-bond acceptors (Lipinski definition) is 6. The Hall–Kier alpha value is -2.35. The molecular formula is C20H18ClNO4S2. The van der Waals surface area contributed by atoms with Gasteiger partial charge in [0.1, 0.15) is 16.3 Å². The number of carbonyl (C=O) groups excluding carboxylic acids is 2. The van der Waals surface area contributed by atoms with Crippen molar-refractivity contribution in [1.29, 1.82) is 0 Å². The number of benzene rings is 1. The standard InChI is InChI=1S/C20H18ClNO4S2/c1-3-25-20(24)18-17(15-9-6-10-27-15)12(2)28-19(18)22-16(23)11-26-14-8-5-4-7-13(14)21/h4-10H,3,11H2,1-2H3,(H,22,23). The summed E-state index contributed by atoms with van der Waals surface area (Å²) in [6.45, 7) is 3.69. The second kappa shape index (κ2) is 9.23. The molecule has 5 nitrogen and oxygen atoms in total. The fourth-order valence-electron chi connectivity index (χ4n) is 2.62. The topological polar surface area (TPSA) is 64.6 Å². The SMILES string of the molecule is CCOC(=O)c1c(NC(=O)COc2ccccc2Cl)sc(C)c1-c1cccs1. The lowest BCUT2D eigenvalue weighted by molar-refractivity contribution is -0.118. The highest BCUT2D eigenvalue weighted by molar-refractivity contribution is 7.18. The summed E-state index contributed by atoms with van der Waals surface area (Å²) in [4.78, 5) is 26.9. The average molecular weight is 436 g/mol. The number of halogens is 1. The molecule has 0 aliphatic heterocycles. The lowest BCUT2D eigenvalue weighted by atomic mass is 10.1. The van der Waals surface area contributed by atoms with Gasteiger partial charge >= 0.3 is 5.97 Å². The van der Waals surface area contributed by atoms with E-state index >= 15 is 0 Å². The van der Waals surface area contributed by atoms with E-state index in [9.17, 15) is 9.59 Å². The number of amides is 1. The molecule has 146 valence electrons. The first-order chi connectivity index (χ1) is 13.5. The summed E-state index contributed by atoms with van der Waals surface area (Å²) in [5.41, 5.74) is 1.17. The van der Waals surface area contributed by atoms with Gasteiger partial charge in [0.25, 0.3) is 5.91 Å². The zero-order valence-corrected chi connectivity index (χ0v) is 17.7. The van der Waals surface area contributed by atoms with Crippen LogP contribution in [0.4, 0.5) is 5.00 Å². The molecule has 8 heteroatoms. The van der Waals surface area contributed by atoms with Crippen LogP contribution in [0, 0.1) is 6.92 Å². The van der Waals surface area contributed by atoms with Crippen LogP contribution in [-0.2, 0) is 9.53 Å². The molecule has 0 aliphatic rings. The van der Waals surface area contributed by atoms with Crippen LogP contribution in [0.2, 0.25) is 5.02 Å². The zero-order chi connectivity index (χ0) is 20.1. The first-order valence-electron chi connectivity index (χ1n) is 8.52. The van der Waals surface area contributed by atoms with Crippen LogP contribution in [0.15, 0.2) is 41.8 Å². The van der Waals surface area contributed by atoms with E-state index in [4.69, 9.17) is 21.1 Å². The average Bonchev–Trinajstić information content (AvgIpc) is 3.28. The number of thiophene rings is 2. The van der Waals surface area contributed by atoms with E-state index in [0.29, 0.717) is 21.3 Å². The Morgan fingerprint density at radius 3 is 2.64 bits per heavy atom. The normalized spacial score (nSPS) is 10.5. The van der Waals surface area contributed by atoms with E-state index in [2.05, 4.69) is 5.32 Å². The van der Waals surface area contributed by atoms with Crippen LogP contribution >= 0.6 is 34.3 Å². The maximum absolute atomic E-state index is 12.6. The Balaban J connectivity index is 1.83. The van der Waals surface area contributed by atoms with E-state index in [1.807, 2.05) is 24.4 Å². The van der Waals surface area contributed by atoms with Crippen molar-refractivity contribution >= 4 is 51.2 Å². The highest BCUT2D eigenvalue weighted by Gasteiger charge is 2.26. The first kappa shape index (κ1) is 20.4. The molecular weight excluding hydrogens is 418 g/mol. The predicted molar refractivity (Wildman–Crippen MR) is 114 cm³/mol. The molecule has 0 aliphatic carbocycles. The highest BCUT2D eigenvalue weighted by Crippen LogP contribution is 2.42. The molecule has 0 spiro atoms. The van der Waals surface area contributed by atoms with Gasteiger partial charge in [-0.05, 0) is 37.4 Å². The number of para-hydroxylation sites is 1. The van der Waals surface area contributed by atoms with Gasteiger partial charge in [-0.3, -0.25) is 4.79 Å². The lowest BCUT2D eigenvalue weighted by Gasteiger charge is -2.10. The van der Waals surface area contributed by atoms with E-state index in [1.165, 1.54) is 22.7 Å². The summed E-state index contributed by atoms with van der Waals surface area (Å²) in [6, 6.07) is 10.8. The Labute approximate surface area is 175 Å². The van der Waals surface area contributed by atoms with E-state index in [1.54, 1.807) is 31.2 Å². The minimum absolute atomic E-state index is 0.225. The zero-order valence-electron chi connectivity index (χ0n) is 15.3. The van der Waals surface area contributed by atoms with Crippen LogP contribution in [0.3, 0.4) is 0 Å². The Morgan fingerprint density at radius 2 is 1.96 bits per heavy atom. The Morgan fingerprint density at radius 1 is 1.18 bits per heavy atom. The summed E-state index contributed by atoms with van der Waals surface area (Å²) in [6.07, 6.45) is 0. The van der Waals surface area contributed by atoms with Crippen LogP contribution in [0.5, 0.6) is 5.75 Å². The van der Waals surface area contributed by atoms with Gasteiger partial charge in [-0.1, -0.05) is 29.8 Å². The summed E-state index contributed by atoms with van der Waals surface area (Å²) in [5.74, 6) is -0.423. The largest absolute Gasteiger partial charge is 0.482 e. The first-order valence-corrected chi connectivity index (χ1v) is 10.6. The van der Waals surface area contributed by atoms with Gasteiger partial charge in [0.15, 0.2) is 6.61 Å². The van der Waals surface area contributed by atoms with Crippen molar-refractivity contribution in [3.8, 4) is 16.2 Å². The molecule has 3 aromatic rings. The maximum Gasteiger partial charge on any atom is 0.341 e. The minimum atomic E-state index is -0.461. The molecule has 0 saturated heterocycles. The summed E-state index contributed by atoms with van der Waals surface area (Å²) >= 11 is 8.90. The highest BCUT2D eigenvalue weighted by atomic mass is 35.5. The molecule has 2 aromatic heterocycles. The van der Waals surface area contributed by atoms with Crippen molar-refractivity contribution in [2.75, 3.05) is 18.5 Å². The second-order valence-corrected chi connectivity index (χ2v) is 8.28. The third-order valence-electron chi connectivity index (χ3n) is 3.78. The van der Waals surface area contributed by atoms with Crippen LogP contribution in [0.1, 0.15) is 22.2 Å².